The zero-order valence-electron chi connectivity index (χ0n) is 10.00. The average Bonchev–Trinajstić information content (AvgIpc) is 2.75. The van der Waals surface area contributed by atoms with Gasteiger partial charge in [0.2, 0.25) is 15.3 Å². The van der Waals surface area contributed by atoms with E-state index in [9.17, 15) is 8.42 Å². The van der Waals surface area contributed by atoms with Crippen LogP contribution in [0.15, 0.2) is 22.7 Å². The number of halogens is 1. The number of nitrogens with zero attached hydrogens (tertiary/aromatic N) is 3. The molecule has 6 nitrogen and oxygen atoms in total. The molecular weight excluding hydrogens is 308 g/mol. The topological polar surface area (TPSA) is 84.8 Å². The number of aromatic nitrogens is 3. The van der Waals surface area contributed by atoms with Crippen LogP contribution < -0.4 is 4.72 Å². The Bertz CT molecular complexity index is 654. The van der Waals surface area contributed by atoms with E-state index in [4.69, 9.17) is 11.6 Å². The van der Waals surface area contributed by atoms with E-state index in [0.717, 1.165) is 10.7 Å². The minimum Gasteiger partial charge on any atom is -0.247 e. The first kappa shape index (κ1) is 14.3. The van der Waals surface area contributed by atoms with E-state index >= 15 is 0 Å². The van der Waals surface area contributed by atoms with Crippen molar-refractivity contribution in [2.24, 2.45) is 0 Å². The fourth-order valence-electron chi connectivity index (χ4n) is 1.36. The summed E-state index contributed by atoms with van der Waals surface area (Å²) in [6.45, 7) is 2.18. The van der Waals surface area contributed by atoms with E-state index in [-0.39, 0.29) is 16.7 Å². The summed E-state index contributed by atoms with van der Waals surface area (Å²) >= 11 is 7.04. The smallest absolute Gasteiger partial charge is 0.243 e. The van der Waals surface area contributed by atoms with E-state index in [2.05, 4.69) is 19.7 Å². The summed E-state index contributed by atoms with van der Waals surface area (Å²) in [6.07, 6.45) is 2.88. The number of thiazole rings is 1. The number of hydrogen-bond donors (Lipinski definition) is 1. The van der Waals surface area contributed by atoms with Crippen molar-refractivity contribution >= 4 is 33.0 Å². The molecular formula is C10H11ClN4O2S2. The lowest BCUT2D eigenvalue weighted by Gasteiger charge is -2.04. The second-order valence-electron chi connectivity index (χ2n) is 3.69. The normalized spacial score (nSPS) is 11.7. The second-order valence-corrected chi connectivity index (χ2v) is 6.86. The Balaban J connectivity index is 1.96. The third kappa shape index (κ3) is 3.93. The summed E-state index contributed by atoms with van der Waals surface area (Å²) in [6, 6.07) is 0. The van der Waals surface area contributed by atoms with Gasteiger partial charge in [0.15, 0.2) is 0 Å². The van der Waals surface area contributed by atoms with E-state index in [1.165, 1.54) is 23.7 Å². The third-order valence-corrected chi connectivity index (χ3v) is 4.68. The number of rotatable bonds is 5. The average molecular weight is 319 g/mol. The molecule has 2 aromatic heterocycles. The molecule has 0 spiro atoms. The Morgan fingerprint density at radius 3 is 2.63 bits per heavy atom. The Morgan fingerprint density at radius 2 is 2.05 bits per heavy atom. The lowest BCUT2D eigenvalue weighted by atomic mass is 10.3. The Labute approximate surface area is 119 Å². The molecule has 102 valence electrons. The molecule has 2 aromatic rings. The third-order valence-electron chi connectivity index (χ3n) is 2.25. The molecule has 0 atom stereocenters. The molecule has 0 saturated carbocycles. The molecule has 2 heterocycles. The van der Waals surface area contributed by atoms with E-state index in [0.29, 0.717) is 6.42 Å². The quantitative estimate of drug-likeness (QED) is 0.843. The Morgan fingerprint density at radius 1 is 1.37 bits per heavy atom. The predicted molar refractivity (Wildman–Crippen MR) is 72.8 cm³/mol. The molecule has 1 N–H and O–H groups in total. The maximum Gasteiger partial charge on any atom is 0.243 e. The molecule has 19 heavy (non-hydrogen) atoms. The van der Waals surface area contributed by atoms with Gasteiger partial charge in [0.1, 0.15) is 4.90 Å². The van der Waals surface area contributed by atoms with Gasteiger partial charge in [-0.3, -0.25) is 0 Å². The molecule has 0 aliphatic heterocycles. The SMILES string of the molecule is Cc1nc(CCNS(=O)(=O)c2cnc(Cl)nc2)cs1. The number of sulfonamides is 1. The summed E-state index contributed by atoms with van der Waals surface area (Å²) in [5, 5.41) is 2.88. The molecule has 2 rings (SSSR count). The van der Waals surface area contributed by atoms with Crippen molar-refractivity contribution in [2.45, 2.75) is 18.2 Å². The maximum atomic E-state index is 11.9. The summed E-state index contributed by atoms with van der Waals surface area (Å²) in [4.78, 5) is 11.5. The first-order valence-corrected chi connectivity index (χ1v) is 8.10. The van der Waals surface area contributed by atoms with Crippen LogP contribution in [0.4, 0.5) is 0 Å². The fourth-order valence-corrected chi connectivity index (χ4v) is 3.02. The molecule has 0 aliphatic rings. The molecule has 0 saturated heterocycles. The van der Waals surface area contributed by atoms with E-state index in [1.54, 1.807) is 0 Å². The van der Waals surface area contributed by atoms with Gasteiger partial charge in [-0.2, -0.15) is 0 Å². The predicted octanol–water partition coefficient (Wildman–Crippen LogP) is 1.42. The van der Waals surface area contributed by atoms with Crippen molar-refractivity contribution in [3.05, 3.63) is 33.8 Å². The Hall–Kier alpha value is -1.09. The van der Waals surface area contributed by atoms with E-state index < -0.39 is 10.0 Å². The molecule has 0 amide bonds. The minimum atomic E-state index is -3.60. The largest absolute Gasteiger partial charge is 0.247 e. The minimum absolute atomic E-state index is 0.00800. The van der Waals surface area contributed by atoms with Crippen molar-refractivity contribution in [3.8, 4) is 0 Å². The van der Waals surface area contributed by atoms with Gasteiger partial charge in [0.25, 0.3) is 0 Å². The van der Waals surface area contributed by atoms with Crippen LogP contribution in [-0.2, 0) is 16.4 Å². The summed E-state index contributed by atoms with van der Waals surface area (Å²) in [7, 11) is -3.60. The van der Waals surface area contributed by atoms with Crippen LogP contribution in [0.25, 0.3) is 0 Å². The van der Waals surface area contributed by atoms with Crippen LogP contribution in [0, 0.1) is 6.92 Å². The van der Waals surface area contributed by atoms with Crippen LogP contribution in [-0.4, -0.2) is 29.9 Å². The molecule has 0 unspecified atom stereocenters. The Kier molecular flexibility index (Phi) is 4.46. The highest BCUT2D eigenvalue weighted by molar-refractivity contribution is 7.89. The fraction of sp³-hybridized carbons (Fsp3) is 0.300. The van der Waals surface area contributed by atoms with Crippen LogP contribution >= 0.6 is 22.9 Å². The van der Waals surface area contributed by atoms with Gasteiger partial charge in [-0.05, 0) is 18.5 Å². The van der Waals surface area contributed by atoms with Crippen LogP contribution in [0.5, 0.6) is 0 Å². The van der Waals surface area contributed by atoms with Crippen LogP contribution in [0.2, 0.25) is 5.28 Å². The van der Waals surface area contributed by atoms with Gasteiger partial charge >= 0.3 is 0 Å². The lowest BCUT2D eigenvalue weighted by molar-refractivity contribution is 0.580. The van der Waals surface area contributed by atoms with E-state index in [1.807, 2.05) is 12.3 Å². The molecule has 0 radical (unpaired) electrons. The highest BCUT2D eigenvalue weighted by atomic mass is 35.5. The first-order chi connectivity index (χ1) is 8.97. The van der Waals surface area contributed by atoms with Gasteiger partial charge < -0.3 is 0 Å². The summed E-state index contributed by atoms with van der Waals surface area (Å²) < 4.78 is 26.2. The number of aryl methyl sites for hydroxylation is 1. The van der Waals surface area contributed by atoms with Crippen molar-refractivity contribution in [1.82, 2.24) is 19.7 Å². The lowest BCUT2D eigenvalue weighted by Crippen LogP contribution is -2.26. The number of hydrogen-bond acceptors (Lipinski definition) is 6. The second kappa shape index (κ2) is 5.91. The summed E-state index contributed by atoms with van der Waals surface area (Å²) in [5.41, 5.74) is 0.873. The molecule has 0 fully saturated rings. The van der Waals surface area contributed by atoms with Gasteiger partial charge in [-0.1, -0.05) is 0 Å². The van der Waals surface area contributed by atoms with Crippen molar-refractivity contribution in [1.29, 1.82) is 0 Å². The van der Waals surface area contributed by atoms with Gasteiger partial charge in [0, 0.05) is 18.3 Å². The van der Waals surface area contributed by atoms with Crippen molar-refractivity contribution < 1.29 is 8.42 Å². The van der Waals surface area contributed by atoms with Crippen LogP contribution in [0.3, 0.4) is 0 Å². The highest BCUT2D eigenvalue weighted by Gasteiger charge is 2.14. The molecule has 9 heteroatoms. The molecule has 0 aliphatic carbocycles. The first-order valence-electron chi connectivity index (χ1n) is 5.35. The zero-order chi connectivity index (χ0) is 13.9. The van der Waals surface area contributed by atoms with Crippen LogP contribution in [0.1, 0.15) is 10.7 Å². The molecule has 0 bridgehead atoms. The van der Waals surface area contributed by atoms with Gasteiger partial charge in [-0.25, -0.2) is 28.1 Å². The van der Waals surface area contributed by atoms with Gasteiger partial charge in [0.05, 0.1) is 23.1 Å². The molecule has 0 aromatic carbocycles. The van der Waals surface area contributed by atoms with Crippen molar-refractivity contribution in [3.63, 3.8) is 0 Å². The zero-order valence-corrected chi connectivity index (χ0v) is 12.4. The monoisotopic (exact) mass is 318 g/mol. The maximum absolute atomic E-state index is 11.9. The summed E-state index contributed by atoms with van der Waals surface area (Å²) in [5.74, 6) is 0. The standard InChI is InChI=1S/C10H11ClN4O2S2/c1-7-15-8(6-18-7)2-3-14-19(16,17)9-4-12-10(11)13-5-9/h4-6,14H,2-3H2,1H3. The highest BCUT2D eigenvalue weighted by Crippen LogP contribution is 2.09. The van der Waals surface area contributed by atoms with Crippen molar-refractivity contribution in [2.75, 3.05) is 6.54 Å². The van der Waals surface area contributed by atoms with Gasteiger partial charge in [-0.15, -0.1) is 11.3 Å². The number of nitrogens with one attached hydrogen (secondary N) is 1.